The molecular formula is C10H20N4S. The van der Waals surface area contributed by atoms with Crippen LogP contribution < -0.4 is 11.6 Å². The van der Waals surface area contributed by atoms with Crippen LogP contribution in [0.15, 0.2) is 0 Å². The molecule has 4 nitrogen and oxygen atoms in total. The van der Waals surface area contributed by atoms with Crippen molar-refractivity contribution in [2.24, 2.45) is 0 Å². The number of aromatic nitrogens is 2. The molecule has 0 atom stereocenters. The fraction of sp³-hybridized carbons (Fsp3) is 0.700. The molecule has 0 amide bonds. The maximum absolute atomic E-state index is 5.91. The van der Waals surface area contributed by atoms with Gasteiger partial charge < -0.3 is 11.6 Å². The minimum absolute atomic E-state index is 0.0690. The summed E-state index contributed by atoms with van der Waals surface area (Å²) in [4.78, 5) is 4.52. The Hall–Kier alpha value is -0.840. The molecule has 0 unspecified atom stereocenters. The Kier molecular flexibility index (Phi) is 3.54. The first kappa shape index (κ1) is 12.2. The van der Waals surface area contributed by atoms with E-state index in [-0.39, 0.29) is 5.41 Å². The lowest BCUT2D eigenvalue weighted by molar-refractivity contribution is 0.531. The molecule has 86 valence electrons. The Morgan fingerprint density at radius 1 is 1.40 bits per heavy atom. The number of anilines is 1. The molecule has 0 aliphatic heterocycles. The summed E-state index contributed by atoms with van der Waals surface area (Å²) in [5.41, 5.74) is 6.75. The number of rotatable bonds is 3. The smallest absolute Gasteiger partial charge is 0.146 e. The molecule has 1 heterocycles. The number of imidazole rings is 1. The van der Waals surface area contributed by atoms with Crippen molar-refractivity contribution < 1.29 is 0 Å². The van der Waals surface area contributed by atoms with Crippen molar-refractivity contribution >= 4 is 17.6 Å². The molecule has 15 heavy (non-hydrogen) atoms. The van der Waals surface area contributed by atoms with E-state index in [1.807, 2.05) is 0 Å². The second kappa shape index (κ2) is 4.35. The zero-order chi connectivity index (χ0) is 11.6. The van der Waals surface area contributed by atoms with E-state index in [9.17, 15) is 0 Å². The highest BCUT2D eigenvalue weighted by molar-refractivity contribution is 7.98. The fourth-order valence-electron chi connectivity index (χ4n) is 1.40. The number of nitrogens with zero attached hydrogens (tertiary/aromatic N) is 2. The molecule has 0 aromatic carbocycles. The number of nitrogens with two attached hydrogens (primary N) is 2. The molecule has 1 aromatic rings. The number of nitrogen functional groups attached to an aromatic ring is 2. The van der Waals surface area contributed by atoms with Crippen LogP contribution in [0.1, 0.15) is 32.3 Å². The molecular weight excluding hydrogens is 208 g/mol. The Labute approximate surface area is 95.4 Å². The van der Waals surface area contributed by atoms with Gasteiger partial charge in [-0.2, -0.15) is 11.8 Å². The zero-order valence-electron chi connectivity index (χ0n) is 9.87. The first-order valence-electron chi connectivity index (χ1n) is 4.99. The Morgan fingerprint density at radius 2 is 2.00 bits per heavy atom. The molecule has 0 radical (unpaired) electrons. The van der Waals surface area contributed by atoms with Crippen LogP contribution in [-0.2, 0) is 11.8 Å². The van der Waals surface area contributed by atoms with E-state index >= 15 is 0 Å². The highest BCUT2D eigenvalue weighted by Crippen LogP contribution is 2.24. The number of aryl methyl sites for hydroxylation is 1. The van der Waals surface area contributed by atoms with E-state index in [2.05, 4.69) is 32.0 Å². The SMILES string of the molecule is CSCCc1nc(C(C)(C)C)n(N)c1N. The third-order valence-electron chi connectivity index (χ3n) is 2.24. The Balaban J connectivity index is 3.02. The van der Waals surface area contributed by atoms with Crippen LogP contribution in [0.2, 0.25) is 0 Å². The molecule has 1 rings (SSSR count). The van der Waals surface area contributed by atoms with E-state index in [0.717, 1.165) is 23.7 Å². The van der Waals surface area contributed by atoms with Crippen molar-refractivity contribution in [3.63, 3.8) is 0 Å². The van der Waals surface area contributed by atoms with Crippen molar-refractivity contribution in [1.82, 2.24) is 9.66 Å². The summed E-state index contributed by atoms with van der Waals surface area (Å²) in [5, 5.41) is 0. The second-order valence-electron chi connectivity index (χ2n) is 4.63. The Bertz CT molecular complexity index is 338. The van der Waals surface area contributed by atoms with Crippen molar-refractivity contribution in [2.45, 2.75) is 32.6 Å². The van der Waals surface area contributed by atoms with Gasteiger partial charge in [-0.25, -0.2) is 9.66 Å². The summed E-state index contributed by atoms with van der Waals surface area (Å²) in [7, 11) is 0. The number of hydrogen-bond donors (Lipinski definition) is 2. The minimum atomic E-state index is -0.0690. The average Bonchev–Trinajstić information content (AvgIpc) is 2.41. The quantitative estimate of drug-likeness (QED) is 0.767. The molecule has 5 heteroatoms. The van der Waals surface area contributed by atoms with Crippen molar-refractivity contribution in [3.8, 4) is 0 Å². The first-order chi connectivity index (χ1) is 6.88. The van der Waals surface area contributed by atoms with Crippen LogP contribution >= 0.6 is 11.8 Å². The van der Waals surface area contributed by atoms with Gasteiger partial charge in [0.1, 0.15) is 11.6 Å². The van der Waals surface area contributed by atoms with Gasteiger partial charge in [0, 0.05) is 11.8 Å². The van der Waals surface area contributed by atoms with Crippen LogP contribution in [-0.4, -0.2) is 21.7 Å². The molecule has 0 aliphatic rings. The normalized spacial score (nSPS) is 12.0. The van der Waals surface area contributed by atoms with E-state index in [0.29, 0.717) is 5.82 Å². The van der Waals surface area contributed by atoms with Crippen molar-refractivity contribution in [3.05, 3.63) is 11.5 Å². The summed E-state index contributed by atoms with van der Waals surface area (Å²) in [6, 6.07) is 0. The molecule has 0 bridgehead atoms. The van der Waals surface area contributed by atoms with Crippen molar-refractivity contribution in [1.29, 1.82) is 0 Å². The number of hydrogen-bond acceptors (Lipinski definition) is 4. The molecule has 4 N–H and O–H groups in total. The van der Waals surface area contributed by atoms with Crippen LogP contribution in [0.5, 0.6) is 0 Å². The van der Waals surface area contributed by atoms with Gasteiger partial charge >= 0.3 is 0 Å². The van der Waals surface area contributed by atoms with E-state index in [1.54, 1.807) is 11.8 Å². The highest BCUT2D eigenvalue weighted by Gasteiger charge is 2.23. The standard InChI is InChI=1S/C10H20N4S/c1-10(2,3)9-13-7(5-6-15-4)8(11)14(9)12/h5-6,11-12H2,1-4H3. The maximum Gasteiger partial charge on any atom is 0.146 e. The van der Waals surface area contributed by atoms with Crippen LogP contribution in [0.4, 0.5) is 5.82 Å². The highest BCUT2D eigenvalue weighted by atomic mass is 32.2. The summed E-state index contributed by atoms with van der Waals surface area (Å²) in [6.45, 7) is 6.24. The van der Waals surface area contributed by atoms with Crippen molar-refractivity contribution in [2.75, 3.05) is 23.6 Å². The van der Waals surface area contributed by atoms with Gasteiger partial charge in [0.15, 0.2) is 0 Å². The molecule has 0 saturated heterocycles. The van der Waals surface area contributed by atoms with E-state index in [1.165, 1.54) is 4.68 Å². The van der Waals surface area contributed by atoms with Crippen LogP contribution in [0.25, 0.3) is 0 Å². The van der Waals surface area contributed by atoms with E-state index in [4.69, 9.17) is 11.6 Å². The predicted octanol–water partition coefficient (Wildman–Crippen LogP) is 1.38. The zero-order valence-corrected chi connectivity index (χ0v) is 10.7. The van der Waals surface area contributed by atoms with E-state index < -0.39 is 0 Å². The third kappa shape index (κ3) is 2.59. The minimum Gasteiger partial charge on any atom is -0.382 e. The van der Waals surface area contributed by atoms with Crippen LogP contribution in [0, 0.1) is 0 Å². The topological polar surface area (TPSA) is 69.9 Å². The van der Waals surface area contributed by atoms with Crippen LogP contribution in [0.3, 0.4) is 0 Å². The third-order valence-corrected chi connectivity index (χ3v) is 2.85. The maximum atomic E-state index is 5.91. The molecule has 0 fully saturated rings. The predicted molar refractivity (Wildman–Crippen MR) is 67.6 cm³/mol. The monoisotopic (exact) mass is 228 g/mol. The molecule has 0 spiro atoms. The van der Waals surface area contributed by atoms with Gasteiger partial charge in [-0.3, -0.25) is 0 Å². The largest absolute Gasteiger partial charge is 0.382 e. The van der Waals surface area contributed by atoms with Gasteiger partial charge in [0.25, 0.3) is 0 Å². The second-order valence-corrected chi connectivity index (χ2v) is 5.62. The summed E-state index contributed by atoms with van der Waals surface area (Å²) < 4.78 is 1.51. The first-order valence-corrected chi connectivity index (χ1v) is 6.39. The van der Waals surface area contributed by atoms with Gasteiger partial charge in [-0.05, 0) is 12.0 Å². The van der Waals surface area contributed by atoms with Gasteiger partial charge in [0.05, 0.1) is 5.69 Å². The summed E-state index contributed by atoms with van der Waals surface area (Å²) >= 11 is 1.78. The lowest BCUT2D eigenvalue weighted by Gasteiger charge is -2.17. The lowest BCUT2D eigenvalue weighted by Crippen LogP contribution is -2.24. The average molecular weight is 228 g/mol. The summed E-state index contributed by atoms with van der Waals surface area (Å²) in [5.74, 6) is 8.34. The lowest BCUT2D eigenvalue weighted by atomic mass is 9.96. The molecule has 0 aliphatic carbocycles. The van der Waals surface area contributed by atoms with Gasteiger partial charge in [-0.15, -0.1) is 0 Å². The van der Waals surface area contributed by atoms with Gasteiger partial charge in [0.2, 0.25) is 0 Å². The molecule has 1 aromatic heterocycles. The molecule has 0 saturated carbocycles. The summed E-state index contributed by atoms with van der Waals surface area (Å²) in [6.07, 6.45) is 2.95. The van der Waals surface area contributed by atoms with Gasteiger partial charge in [-0.1, -0.05) is 20.8 Å². The number of thioether (sulfide) groups is 1. The fourth-order valence-corrected chi connectivity index (χ4v) is 1.80. The Morgan fingerprint density at radius 3 is 2.40 bits per heavy atom.